The summed E-state index contributed by atoms with van der Waals surface area (Å²) in [4.78, 5) is 4.87. The molecule has 0 saturated heterocycles. The Balaban J connectivity index is 2.61. The zero-order valence-electron chi connectivity index (χ0n) is 9.85. The summed E-state index contributed by atoms with van der Waals surface area (Å²) in [5.74, 6) is 0.321. The van der Waals surface area contributed by atoms with E-state index in [0.717, 1.165) is 22.1 Å². The summed E-state index contributed by atoms with van der Waals surface area (Å²) in [5, 5.41) is 9.25. The molecule has 0 fully saturated rings. The van der Waals surface area contributed by atoms with Crippen molar-refractivity contribution in [1.29, 1.82) is 5.41 Å². The standard InChI is InChI=1S/C12H13ClN2O2/c1-6-4-9(13)7(2)8-5-10(16-11(6)8)12(14)17-15-3/h4-5,14-15H,1-3H3. The number of rotatable bonds is 2. The minimum atomic E-state index is -0.0568. The number of benzene rings is 1. The lowest BCUT2D eigenvalue weighted by molar-refractivity contribution is 0.203. The lowest BCUT2D eigenvalue weighted by atomic mass is 10.1. The van der Waals surface area contributed by atoms with Crippen LogP contribution in [0.5, 0.6) is 0 Å². The van der Waals surface area contributed by atoms with Gasteiger partial charge >= 0.3 is 0 Å². The van der Waals surface area contributed by atoms with E-state index in [0.29, 0.717) is 10.8 Å². The Morgan fingerprint density at radius 3 is 2.76 bits per heavy atom. The van der Waals surface area contributed by atoms with Crippen LogP contribution in [0.4, 0.5) is 0 Å². The van der Waals surface area contributed by atoms with Crippen molar-refractivity contribution in [1.82, 2.24) is 5.48 Å². The molecular formula is C12H13ClN2O2. The average Bonchev–Trinajstić information content (AvgIpc) is 2.72. The number of aryl methyl sites for hydroxylation is 2. The number of hydrogen-bond acceptors (Lipinski definition) is 4. The van der Waals surface area contributed by atoms with Gasteiger partial charge in [0.1, 0.15) is 5.58 Å². The molecule has 1 aromatic heterocycles. The predicted molar refractivity (Wildman–Crippen MR) is 67.7 cm³/mol. The summed E-state index contributed by atoms with van der Waals surface area (Å²) in [6.45, 7) is 3.84. The molecule has 1 heterocycles. The summed E-state index contributed by atoms with van der Waals surface area (Å²) in [6, 6.07) is 3.62. The van der Waals surface area contributed by atoms with E-state index < -0.39 is 0 Å². The van der Waals surface area contributed by atoms with Gasteiger partial charge in [-0.15, -0.1) is 0 Å². The van der Waals surface area contributed by atoms with E-state index in [9.17, 15) is 0 Å². The molecule has 17 heavy (non-hydrogen) atoms. The maximum Gasteiger partial charge on any atom is 0.273 e. The number of hydroxylamine groups is 1. The smallest absolute Gasteiger partial charge is 0.273 e. The zero-order chi connectivity index (χ0) is 12.6. The second-order valence-corrected chi connectivity index (χ2v) is 4.20. The predicted octanol–water partition coefficient (Wildman–Crippen LogP) is 3.18. The van der Waals surface area contributed by atoms with Gasteiger partial charge in [-0.05, 0) is 37.1 Å². The molecule has 1 aromatic carbocycles. The van der Waals surface area contributed by atoms with Crippen molar-refractivity contribution in [2.24, 2.45) is 0 Å². The van der Waals surface area contributed by atoms with Gasteiger partial charge < -0.3 is 9.25 Å². The monoisotopic (exact) mass is 252 g/mol. The highest BCUT2D eigenvalue weighted by Gasteiger charge is 2.15. The second kappa shape index (κ2) is 4.39. The van der Waals surface area contributed by atoms with Crippen molar-refractivity contribution in [2.75, 3.05) is 7.05 Å². The maximum atomic E-state index is 7.65. The molecule has 0 atom stereocenters. The van der Waals surface area contributed by atoms with Crippen LogP contribution in [-0.4, -0.2) is 12.9 Å². The first-order chi connectivity index (χ1) is 8.04. The van der Waals surface area contributed by atoms with Crippen molar-refractivity contribution in [3.8, 4) is 0 Å². The molecule has 90 valence electrons. The molecule has 0 amide bonds. The quantitative estimate of drug-likeness (QED) is 0.490. The van der Waals surface area contributed by atoms with E-state index in [1.54, 1.807) is 13.1 Å². The van der Waals surface area contributed by atoms with Gasteiger partial charge in [0.2, 0.25) is 0 Å². The van der Waals surface area contributed by atoms with Crippen LogP contribution in [0.25, 0.3) is 11.0 Å². The summed E-state index contributed by atoms with van der Waals surface area (Å²) in [6.07, 6.45) is 0. The van der Waals surface area contributed by atoms with E-state index in [1.165, 1.54) is 0 Å². The fourth-order valence-electron chi connectivity index (χ4n) is 1.72. The Bertz CT molecular complexity index is 590. The Morgan fingerprint density at radius 2 is 2.12 bits per heavy atom. The molecule has 0 unspecified atom stereocenters. The molecule has 2 rings (SSSR count). The largest absolute Gasteiger partial charge is 0.451 e. The van der Waals surface area contributed by atoms with Crippen LogP contribution in [0, 0.1) is 19.3 Å². The molecule has 2 aromatic rings. The molecule has 4 nitrogen and oxygen atoms in total. The van der Waals surface area contributed by atoms with Gasteiger partial charge in [0, 0.05) is 17.5 Å². The van der Waals surface area contributed by atoms with Gasteiger partial charge in [-0.3, -0.25) is 5.41 Å². The second-order valence-electron chi connectivity index (χ2n) is 3.79. The topological polar surface area (TPSA) is 58.2 Å². The molecule has 0 aliphatic heterocycles. The molecule has 0 aliphatic rings. The molecule has 0 saturated carbocycles. The fraction of sp³-hybridized carbons (Fsp3) is 0.250. The third kappa shape index (κ3) is 2.01. The van der Waals surface area contributed by atoms with Crippen molar-refractivity contribution in [3.63, 3.8) is 0 Å². The summed E-state index contributed by atoms with van der Waals surface area (Å²) in [5.41, 5.74) is 5.07. The Labute approximate surface area is 104 Å². The summed E-state index contributed by atoms with van der Waals surface area (Å²) in [7, 11) is 1.59. The normalized spacial score (nSPS) is 10.8. The first-order valence-corrected chi connectivity index (χ1v) is 5.54. The summed E-state index contributed by atoms with van der Waals surface area (Å²) < 4.78 is 5.60. The Hall–Kier alpha value is -1.52. The number of fused-ring (bicyclic) bond motifs is 1. The zero-order valence-corrected chi connectivity index (χ0v) is 10.6. The van der Waals surface area contributed by atoms with Crippen LogP contribution in [0.15, 0.2) is 16.5 Å². The SMILES string of the molecule is CNOC(=N)c1cc2c(C)c(Cl)cc(C)c2o1. The van der Waals surface area contributed by atoms with Crippen molar-refractivity contribution < 1.29 is 9.25 Å². The average molecular weight is 253 g/mol. The van der Waals surface area contributed by atoms with Gasteiger partial charge in [0.05, 0.1) is 0 Å². The van der Waals surface area contributed by atoms with Crippen LogP contribution >= 0.6 is 11.6 Å². The summed E-state index contributed by atoms with van der Waals surface area (Å²) >= 11 is 6.10. The minimum absolute atomic E-state index is 0.0568. The maximum absolute atomic E-state index is 7.65. The lowest BCUT2D eigenvalue weighted by Crippen LogP contribution is -2.14. The van der Waals surface area contributed by atoms with Crippen LogP contribution in [0.2, 0.25) is 5.02 Å². The molecule has 0 radical (unpaired) electrons. The molecule has 2 N–H and O–H groups in total. The number of furan rings is 1. The van der Waals surface area contributed by atoms with Gasteiger partial charge in [-0.2, -0.15) is 5.48 Å². The van der Waals surface area contributed by atoms with Gasteiger partial charge in [0.15, 0.2) is 5.76 Å². The highest BCUT2D eigenvalue weighted by molar-refractivity contribution is 6.32. The first-order valence-electron chi connectivity index (χ1n) is 5.16. The number of halogens is 1. The van der Waals surface area contributed by atoms with Crippen molar-refractivity contribution in [2.45, 2.75) is 13.8 Å². The van der Waals surface area contributed by atoms with Gasteiger partial charge in [-0.25, -0.2) is 0 Å². The molecule has 5 heteroatoms. The Kier molecular flexibility index (Phi) is 3.09. The first kappa shape index (κ1) is 12.0. The molecular weight excluding hydrogens is 240 g/mol. The molecule has 0 spiro atoms. The van der Waals surface area contributed by atoms with Crippen molar-refractivity contribution >= 4 is 28.5 Å². The van der Waals surface area contributed by atoms with Crippen LogP contribution < -0.4 is 5.48 Å². The number of nitrogens with one attached hydrogen (secondary N) is 2. The van der Waals surface area contributed by atoms with E-state index in [-0.39, 0.29) is 5.90 Å². The minimum Gasteiger partial charge on any atom is -0.451 e. The Morgan fingerprint density at radius 1 is 1.41 bits per heavy atom. The van der Waals surface area contributed by atoms with E-state index >= 15 is 0 Å². The van der Waals surface area contributed by atoms with Gasteiger partial charge in [0.25, 0.3) is 5.90 Å². The molecule has 0 aliphatic carbocycles. The highest BCUT2D eigenvalue weighted by atomic mass is 35.5. The van der Waals surface area contributed by atoms with Crippen LogP contribution in [0.3, 0.4) is 0 Å². The third-order valence-corrected chi connectivity index (χ3v) is 3.02. The van der Waals surface area contributed by atoms with E-state index in [2.05, 4.69) is 5.48 Å². The number of hydrogen-bond donors (Lipinski definition) is 2. The van der Waals surface area contributed by atoms with Crippen LogP contribution in [0.1, 0.15) is 16.9 Å². The van der Waals surface area contributed by atoms with Crippen molar-refractivity contribution in [3.05, 3.63) is 34.0 Å². The molecule has 0 bridgehead atoms. The van der Waals surface area contributed by atoms with Crippen LogP contribution in [-0.2, 0) is 4.84 Å². The van der Waals surface area contributed by atoms with E-state index in [4.69, 9.17) is 26.3 Å². The lowest BCUT2D eigenvalue weighted by Gasteiger charge is -2.01. The van der Waals surface area contributed by atoms with Gasteiger partial charge in [-0.1, -0.05) is 11.6 Å². The fourth-order valence-corrected chi connectivity index (χ4v) is 1.98. The van der Waals surface area contributed by atoms with E-state index in [1.807, 2.05) is 19.9 Å². The highest BCUT2D eigenvalue weighted by Crippen LogP contribution is 2.31. The third-order valence-electron chi connectivity index (χ3n) is 2.62.